The number of methoxy groups -OCH3 is 1. The Morgan fingerprint density at radius 2 is 1.61 bits per heavy atom. The third-order valence-corrected chi connectivity index (χ3v) is 4.72. The fourth-order valence-corrected chi connectivity index (χ4v) is 3.09. The fraction of sp³-hybridized carbons (Fsp3) is 0.167. The first-order chi connectivity index (χ1) is 15.1. The van der Waals surface area contributed by atoms with Crippen LogP contribution in [0.3, 0.4) is 0 Å². The van der Waals surface area contributed by atoms with E-state index >= 15 is 0 Å². The van der Waals surface area contributed by atoms with Crippen LogP contribution >= 0.6 is 0 Å². The van der Waals surface area contributed by atoms with E-state index in [-0.39, 0.29) is 0 Å². The Morgan fingerprint density at radius 3 is 2.26 bits per heavy atom. The highest BCUT2D eigenvalue weighted by molar-refractivity contribution is 6.04. The summed E-state index contributed by atoms with van der Waals surface area (Å²) >= 11 is 0. The van der Waals surface area contributed by atoms with Gasteiger partial charge in [0.25, 0.3) is 5.91 Å². The van der Waals surface area contributed by atoms with E-state index in [0.29, 0.717) is 24.0 Å². The number of aromatic nitrogens is 1. The molecule has 7 nitrogen and oxygen atoms in total. The molecule has 3 aromatic rings. The molecular formula is C24H23N3O4. The van der Waals surface area contributed by atoms with Crippen molar-refractivity contribution in [1.82, 2.24) is 15.6 Å². The van der Waals surface area contributed by atoms with Crippen molar-refractivity contribution in [2.24, 2.45) is 0 Å². The highest BCUT2D eigenvalue weighted by Crippen LogP contribution is 2.20. The van der Waals surface area contributed by atoms with Gasteiger partial charge in [-0.3, -0.25) is 15.1 Å². The molecule has 0 fully saturated rings. The van der Waals surface area contributed by atoms with Crippen LogP contribution in [0.4, 0.5) is 4.79 Å². The van der Waals surface area contributed by atoms with Gasteiger partial charge in [-0.1, -0.05) is 36.4 Å². The number of carbonyl (C=O) groups is 3. The van der Waals surface area contributed by atoms with Crippen molar-refractivity contribution in [2.45, 2.75) is 18.9 Å². The highest BCUT2D eigenvalue weighted by atomic mass is 16.5. The number of benzene rings is 2. The van der Waals surface area contributed by atoms with Crippen LogP contribution in [0.1, 0.15) is 44.4 Å². The molecule has 0 radical (unpaired) electrons. The minimum absolute atomic E-state index is 0.391. The molecule has 0 aliphatic heterocycles. The zero-order valence-corrected chi connectivity index (χ0v) is 17.1. The zero-order chi connectivity index (χ0) is 22.1. The molecule has 2 N–H and O–H groups in total. The number of rotatable bonds is 7. The Hall–Kier alpha value is -4.00. The van der Waals surface area contributed by atoms with Crippen molar-refractivity contribution in [1.29, 1.82) is 0 Å². The number of hydrogen-bond donors (Lipinski definition) is 2. The molecule has 31 heavy (non-hydrogen) atoms. The van der Waals surface area contributed by atoms with Crippen molar-refractivity contribution in [3.8, 4) is 0 Å². The van der Waals surface area contributed by atoms with Crippen molar-refractivity contribution in [3.05, 3.63) is 101 Å². The number of aryl methyl sites for hydroxylation is 1. The Labute approximate surface area is 180 Å². The number of pyridine rings is 1. The smallest absolute Gasteiger partial charge is 0.337 e. The first-order valence-electron chi connectivity index (χ1n) is 9.82. The summed E-state index contributed by atoms with van der Waals surface area (Å²) in [5.41, 5.74) is 2.50. The summed E-state index contributed by atoms with van der Waals surface area (Å²) in [7, 11) is 1.32. The van der Waals surface area contributed by atoms with Crippen molar-refractivity contribution in [2.75, 3.05) is 7.11 Å². The lowest BCUT2D eigenvalue weighted by atomic mass is 9.99. The monoisotopic (exact) mass is 417 g/mol. The number of hydrogen-bond acceptors (Lipinski definition) is 5. The number of carbonyl (C=O) groups excluding carboxylic acids is 3. The normalized spacial score (nSPS) is 11.3. The first-order valence-corrected chi connectivity index (χ1v) is 9.82. The van der Waals surface area contributed by atoms with Crippen LogP contribution in [0.15, 0.2) is 79.0 Å². The molecule has 2 aromatic carbocycles. The third-order valence-electron chi connectivity index (χ3n) is 4.72. The van der Waals surface area contributed by atoms with E-state index < -0.39 is 23.9 Å². The molecule has 7 heteroatoms. The molecular weight excluding hydrogens is 394 g/mol. The Balaban J connectivity index is 1.72. The van der Waals surface area contributed by atoms with Gasteiger partial charge in [0, 0.05) is 17.5 Å². The molecule has 0 bridgehead atoms. The van der Waals surface area contributed by atoms with Crippen molar-refractivity contribution < 1.29 is 19.1 Å². The van der Waals surface area contributed by atoms with Crippen LogP contribution in [-0.2, 0) is 11.2 Å². The van der Waals surface area contributed by atoms with Crippen LogP contribution < -0.4 is 10.6 Å². The Kier molecular flexibility index (Phi) is 7.48. The molecule has 3 amide bonds. The maximum Gasteiger partial charge on any atom is 0.337 e. The van der Waals surface area contributed by atoms with Gasteiger partial charge in [0.05, 0.1) is 18.7 Å². The van der Waals surface area contributed by atoms with Crippen molar-refractivity contribution >= 4 is 17.9 Å². The van der Waals surface area contributed by atoms with E-state index in [1.165, 1.54) is 7.11 Å². The standard InChI is InChI=1S/C24H23N3O4/c1-31-23(29)19-12-10-17(11-13-19)21(15-14-20-9-5-6-16-25-20)26-24(30)27-22(28)18-7-3-2-4-8-18/h2-13,16,21H,14-15H2,1H3,(H2,26,27,28,30). The minimum atomic E-state index is -0.600. The second-order valence-electron chi connectivity index (χ2n) is 6.82. The Bertz CT molecular complexity index is 1020. The minimum Gasteiger partial charge on any atom is -0.465 e. The molecule has 1 unspecified atom stereocenters. The summed E-state index contributed by atoms with van der Waals surface area (Å²) in [5, 5.41) is 5.21. The number of nitrogens with one attached hydrogen (secondary N) is 2. The quantitative estimate of drug-likeness (QED) is 0.572. The third kappa shape index (κ3) is 6.24. The van der Waals surface area contributed by atoms with Crippen LogP contribution in [-0.4, -0.2) is 30.0 Å². The second-order valence-corrected chi connectivity index (χ2v) is 6.82. The summed E-state index contributed by atoms with van der Waals surface area (Å²) in [6.45, 7) is 0. The maximum absolute atomic E-state index is 12.5. The summed E-state index contributed by atoms with van der Waals surface area (Å²) in [5.74, 6) is -0.918. The van der Waals surface area contributed by atoms with Crippen LogP contribution in [0, 0.1) is 0 Å². The first kappa shape index (κ1) is 21.7. The van der Waals surface area contributed by atoms with Crippen LogP contribution in [0.2, 0.25) is 0 Å². The number of ether oxygens (including phenoxy) is 1. The predicted molar refractivity (Wildman–Crippen MR) is 116 cm³/mol. The lowest BCUT2D eigenvalue weighted by molar-refractivity contribution is 0.0600. The molecule has 0 saturated carbocycles. The topological polar surface area (TPSA) is 97.4 Å². The molecule has 158 valence electrons. The largest absolute Gasteiger partial charge is 0.465 e. The highest BCUT2D eigenvalue weighted by Gasteiger charge is 2.18. The van der Waals surface area contributed by atoms with Gasteiger partial charge < -0.3 is 10.1 Å². The summed E-state index contributed by atoms with van der Waals surface area (Å²) in [6, 6.07) is 20.0. The van der Waals surface area contributed by atoms with Gasteiger partial charge in [-0.05, 0) is 54.8 Å². The second kappa shape index (κ2) is 10.7. The number of urea groups is 1. The summed E-state index contributed by atoms with van der Waals surface area (Å²) in [6.07, 6.45) is 2.90. The van der Waals surface area contributed by atoms with E-state index in [2.05, 4.69) is 15.6 Å². The molecule has 3 rings (SSSR count). The lowest BCUT2D eigenvalue weighted by Crippen LogP contribution is -2.41. The van der Waals surface area contributed by atoms with E-state index in [9.17, 15) is 14.4 Å². The average molecular weight is 417 g/mol. The van der Waals surface area contributed by atoms with Gasteiger partial charge >= 0.3 is 12.0 Å². The lowest BCUT2D eigenvalue weighted by Gasteiger charge is -2.19. The Morgan fingerprint density at radius 1 is 0.903 bits per heavy atom. The van der Waals surface area contributed by atoms with Crippen LogP contribution in [0.25, 0.3) is 0 Å². The summed E-state index contributed by atoms with van der Waals surface area (Å²) in [4.78, 5) is 40.8. The zero-order valence-electron chi connectivity index (χ0n) is 17.1. The van der Waals surface area contributed by atoms with Gasteiger partial charge in [0.2, 0.25) is 0 Å². The number of nitrogens with zero attached hydrogens (tertiary/aromatic N) is 1. The van der Waals surface area contributed by atoms with E-state index in [0.717, 1.165) is 11.3 Å². The van der Waals surface area contributed by atoms with Crippen LogP contribution in [0.5, 0.6) is 0 Å². The number of imide groups is 1. The average Bonchev–Trinajstić information content (AvgIpc) is 2.82. The molecule has 0 aliphatic rings. The predicted octanol–water partition coefficient (Wildman–Crippen LogP) is 3.68. The molecule has 0 spiro atoms. The molecule has 1 atom stereocenters. The fourth-order valence-electron chi connectivity index (χ4n) is 3.09. The molecule has 1 aromatic heterocycles. The van der Waals surface area contributed by atoms with Gasteiger partial charge in [-0.25, -0.2) is 9.59 Å². The molecule has 1 heterocycles. The van der Waals surface area contributed by atoms with E-state index in [1.807, 2.05) is 18.2 Å². The van der Waals surface area contributed by atoms with E-state index in [1.54, 1.807) is 60.8 Å². The van der Waals surface area contributed by atoms with Gasteiger partial charge in [-0.2, -0.15) is 0 Å². The van der Waals surface area contributed by atoms with Gasteiger partial charge in [0.1, 0.15) is 0 Å². The number of esters is 1. The SMILES string of the molecule is COC(=O)c1ccc(C(CCc2ccccn2)NC(=O)NC(=O)c2ccccc2)cc1. The van der Waals surface area contributed by atoms with Gasteiger partial charge in [0.15, 0.2) is 0 Å². The molecule has 0 saturated heterocycles. The van der Waals surface area contributed by atoms with Crippen molar-refractivity contribution in [3.63, 3.8) is 0 Å². The van der Waals surface area contributed by atoms with Gasteiger partial charge in [-0.15, -0.1) is 0 Å². The maximum atomic E-state index is 12.5. The molecule has 0 aliphatic carbocycles. The summed E-state index contributed by atoms with van der Waals surface area (Å²) < 4.78 is 4.73. The van der Waals surface area contributed by atoms with E-state index in [4.69, 9.17) is 4.74 Å². The number of amides is 3.